The molecule has 1 amide bonds. The summed E-state index contributed by atoms with van der Waals surface area (Å²) in [5.74, 6) is 0.0927. The highest BCUT2D eigenvalue weighted by atomic mass is 35.5. The van der Waals surface area contributed by atoms with Crippen molar-refractivity contribution < 1.29 is 29.3 Å². The molecule has 41 heavy (non-hydrogen) atoms. The minimum atomic E-state index is -1.65. The molecular formula is C31H29ClN2O7. The van der Waals surface area contributed by atoms with E-state index in [1.807, 2.05) is 0 Å². The van der Waals surface area contributed by atoms with Crippen LogP contribution in [-0.4, -0.2) is 40.7 Å². The summed E-state index contributed by atoms with van der Waals surface area (Å²) in [4.78, 5) is 39.7. The van der Waals surface area contributed by atoms with Crippen LogP contribution in [0.3, 0.4) is 0 Å². The zero-order valence-electron chi connectivity index (χ0n) is 22.6. The molecule has 1 atom stereocenters. The average Bonchev–Trinajstić information content (AvgIpc) is 2.96. The van der Waals surface area contributed by atoms with Crippen molar-refractivity contribution in [2.45, 2.75) is 25.7 Å². The maximum atomic E-state index is 13.7. The molecule has 0 aliphatic carbocycles. The second-order valence-electron chi connectivity index (χ2n) is 9.26. The van der Waals surface area contributed by atoms with Gasteiger partial charge in [-0.3, -0.25) is 19.0 Å². The van der Waals surface area contributed by atoms with Crippen LogP contribution in [0.25, 0.3) is 11.1 Å². The number of aliphatic hydroxyl groups excluding tert-OH is 1. The van der Waals surface area contributed by atoms with Crippen LogP contribution < -0.4 is 20.3 Å². The predicted molar refractivity (Wildman–Crippen MR) is 156 cm³/mol. The van der Waals surface area contributed by atoms with E-state index in [-0.39, 0.29) is 23.5 Å². The number of amides is 1. The normalized spacial score (nSPS) is 11.7. The maximum absolute atomic E-state index is 13.7. The molecule has 212 valence electrons. The summed E-state index contributed by atoms with van der Waals surface area (Å²) in [7, 11) is 2.95. The minimum Gasteiger partial charge on any atom is -0.496 e. The lowest BCUT2D eigenvalue weighted by Crippen LogP contribution is -2.34. The van der Waals surface area contributed by atoms with Crippen molar-refractivity contribution in [2.75, 3.05) is 19.5 Å². The Morgan fingerprint density at radius 2 is 1.61 bits per heavy atom. The molecule has 1 aromatic heterocycles. The Bertz CT molecular complexity index is 1630. The van der Waals surface area contributed by atoms with E-state index in [0.717, 1.165) is 0 Å². The Morgan fingerprint density at radius 1 is 0.927 bits per heavy atom. The smallest absolute Gasteiger partial charge is 0.252 e. The number of ketones is 1. The second kappa shape index (κ2) is 12.8. The van der Waals surface area contributed by atoms with E-state index < -0.39 is 23.8 Å². The molecule has 0 radical (unpaired) electrons. The van der Waals surface area contributed by atoms with Crippen molar-refractivity contribution in [3.8, 4) is 22.6 Å². The Balaban J connectivity index is 1.82. The topological polar surface area (TPSA) is 127 Å². The van der Waals surface area contributed by atoms with Crippen LogP contribution in [0, 0.1) is 0 Å². The maximum Gasteiger partial charge on any atom is 0.252 e. The largest absolute Gasteiger partial charge is 0.496 e. The van der Waals surface area contributed by atoms with Crippen molar-refractivity contribution >= 4 is 29.0 Å². The van der Waals surface area contributed by atoms with E-state index in [2.05, 4.69) is 5.32 Å². The first-order valence-electron chi connectivity index (χ1n) is 12.6. The van der Waals surface area contributed by atoms with Gasteiger partial charge in [-0.2, -0.15) is 0 Å². The number of halogens is 1. The summed E-state index contributed by atoms with van der Waals surface area (Å²) in [5.41, 5.74) is 1.99. The van der Waals surface area contributed by atoms with Crippen LogP contribution in [0.5, 0.6) is 11.5 Å². The van der Waals surface area contributed by atoms with Gasteiger partial charge in [0, 0.05) is 39.9 Å². The molecule has 1 unspecified atom stereocenters. The van der Waals surface area contributed by atoms with Gasteiger partial charge >= 0.3 is 0 Å². The summed E-state index contributed by atoms with van der Waals surface area (Å²) >= 11 is 6.22. The molecule has 9 nitrogen and oxygen atoms in total. The molecular weight excluding hydrogens is 548 g/mol. The average molecular weight is 577 g/mol. The number of Topliss-reactive ketones (excluding diaryl/α,β-unsaturated/α-hetero) is 1. The standard InChI is InChI=1S/C31H29ClN2O7/c1-18(35)23-13-10-21(32)15-24(23)25-16-29(36)34(17-28(25)41-3)26(14-20-6-4-5-7-27(20)40-2)30(37)33-22-11-8-19(9-12-22)31(38)39/h4-13,15-17,26,31,38-39H,14H2,1-3H3,(H,33,37). The van der Waals surface area contributed by atoms with Crippen molar-refractivity contribution in [2.24, 2.45) is 0 Å². The summed E-state index contributed by atoms with van der Waals surface area (Å²) in [6, 6.07) is 18.2. The molecule has 1 heterocycles. The molecule has 0 fully saturated rings. The molecule has 0 saturated heterocycles. The minimum absolute atomic E-state index is 0.0988. The molecule has 0 bridgehead atoms. The number of nitrogens with one attached hydrogen (secondary N) is 1. The van der Waals surface area contributed by atoms with Crippen LogP contribution >= 0.6 is 11.6 Å². The number of methoxy groups -OCH3 is 2. The van der Waals surface area contributed by atoms with Crippen LogP contribution in [0.15, 0.2) is 83.8 Å². The van der Waals surface area contributed by atoms with Gasteiger partial charge in [0.05, 0.1) is 20.4 Å². The van der Waals surface area contributed by atoms with Crippen LogP contribution in [0.4, 0.5) is 5.69 Å². The fourth-order valence-electron chi connectivity index (χ4n) is 4.55. The summed E-state index contributed by atoms with van der Waals surface area (Å²) < 4.78 is 12.4. The molecule has 0 spiro atoms. The van der Waals surface area contributed by atoms with E-state index in [1.165, 1.54) is 62.2 Å². The fraction of sp³-hybridized carbons (Fsp3) is 0.194. The predicted octanol–water partition coefficient (Wildman–Crippen LogP) is 4.79. The highest BCUT2D eigenvalue weighted by molar-refractivity contribution is 6.31. The van der Waals surface area contributed by atoms with Gasteiger partial charge < -0.3 is 25.0 Å². The molecule has 4 aromatic rings. The Morgan fingerprint density at radius 3 is 2.24 bits per heavy atom. The van der Waals surface area contributed by atoms with Gasteiger partial charge in [-0.25, -0.2) is 0 Å². The van der Waals surface area contributed by atoms with Gasteiger partial charge in [-0.05, 0) is 54.4 Å². The summed E-state index contributed by atoms with van der Waals surface area (Å²) in [6.07, 6.45) is -0.111. The van der Waals surface area contributed by atoms with Gasteiger partial charge in [-0.15, -0.1) is 0 Å². The van der Waals surface area contributed by atoms with Gasteiger partial charge in [0.1, 0.15) is 17.5 Å². The lowest BCUT2D eigenvalue weighted by molar-refractivity contribution is -0.119. The third-order valence-corrected chi connectivity index (χ3v) is 6.87. The zero-order valence-corrected chi connectivity index (χ0v) is 23.4. The van der Waals surface area contributed by atoms with E-state index >= 15 is 0 Å². The number of hydrogen-bond acceptors (Lipinski definition) is 7. The lowest BCUT2D eigenvalue weighted by atomic mass is 9.97. The van der Waals surface area contributed by atoms with Gasteiger partial charge in [-0.1, -0.05) is 41.9 Å². The summed E-state index contributed by atoms with van der Waals surface area (Å²) in [5, 5.41) is 21.9. The molecule has 3 aromatic carbocycles. The number of anilines is 1. The Kier molecular flexibility index (Phi) is 9.24. The second-order valence-corrected chi connectivity index (χ2v) is 9.70. The molecule has 0 saturated carbocycles. The number of aliphatic hydroxyl groups is 2. The number of rotatable bonds is 10. The number of carbonyl (C=O) groups excluding carboxylic acids is 2. The van der Waals surface area contributed by atoms with E-state index in [1.54, 1.807) is 42.5 Å². The molecule has 10 heteroatoms. The first-order chi connectivity index (χ1) is 19.6. The highest BCUT2D eigenvalue weighted by Crippen LogP contribution is 2.34. The number of para-hydroxylation sites is 1. The SMILES string of the molecule is COc1ccccc1CC(C(=O)Nc1ccc(C(O)O)cc1)n1cc(OC)c(-c2cc(Cl)ccc2C(C)=O)cc1=O. The van der Waals surface area contributed by atoms with Gasteiger partial charge in [0.25, 0.3) is 5.56 Å². The molecule has 0 aliphatic rings. The highest BCUT2D eigenvalue weighted by Gasteiger charge is 2.26. The first-order valence-corrected chi connectivity index (χ1v) is 13.0. The number of ether oxygens (including phenoxy) is 2. The van der Waals surface area contributed by atoms with Crippen LogP contribution in [0.1, 0.15) is 40.7 Å². The molecule has 3 N–H and O–H groups in total. The number of benzene rings is 3. The monoisotopic (exact) mass is 576 g/mol. The number of carbonyl (C=O) groups is 2. The number of aromatic nitrogens is 1. The first kappa shape index (κ1) is 29.5. The third-order valence-electron chi connectivity index (χ3n) is 6.64. The number of pyridine rings is 1. The van der Waals surface area contributed by atoms with Gasteiger partial charge in [0.15, 0.2) is 12.1 Å². The van der Waals surface area contributed by atoms with Crippen molar-refractivity contribution in [3.63, 3.8) is 0 Å². The Labute approximate surface area is 241 Å². The molecule has 0 aliphatic heterocycles. The fourth-order valence-corrected chi connectivity index (χ4v) is 4.73. The third kappa shape index (κ3) is 6.66. The number of nitrogens with zero attached hydrogens (tertiary/aromatic N) is 1. The van der Waals surface area contributed by atoms with Crippen molar-refractivity contribution in [1.82, 2.24) is 4.57 Å². The van der Waals surface area contributed by atoms with Crippen LogP contribution in [-0.2, 0) is 11.2 Å². The Hall–Kier alpha value is -4.44. The lowest BCUT2D eigenvalue weighted by Gasteiger charge is -2.22. The quantitative estimate of drug-likeness (QED) is 0.183. The van der Waals surface area contributed by atoms with Crippen molar-refractivity contribution in [1.29, 1.82) is 0 Å². The van der Waals surface area contributed by atoms with E-state index in [9.17, 15) is 24.6 Å². The van der Waals surface area contributed by atoms with Crippen LogP contribution in [0.2, 0.25) is 5.02 Å². The van der Waals surface area contributed by atoms with Gasteiger partial charge in [0.2, 0.25) is 5.91 Å². The number of hydrogen-bond donors (Lipinski definition) is 3. The summed E-state index contributed by atoms with van der Waals surface area (Å²) in [6.45, 7) is 1.42. The molecule has 4 rings (SSSR count). The van der Waals surface area contributed by atoms with E-state index in [0.29, 0.717) is 38.7 Å². The van der Waals surface area contributed by atoms with Crippen molar-refractivity contribution in [3.05, 3.63) is 111 Å². The van der Waals surface area contributed by atoms with E-state index in [4.69, 9.17) is 21.1 Å². The zero-order chi connectivity index (χ0) is 29.7.